The molecule has 0 saturated heterocycles. The van der Waals surface area contributed by atoms with Gasteiger partial charge in [0.2, 0.25) is 10.0 Å². The number of rotatable bonds is 5. The van der Waals surface area contributed by atoms with Gasteiger partial charge < -0.3 is 0 Å². The Morgan fingerprint density at radius 1 is 1.05 bits per heavy atom. The van der Waals surface area contributed by atoms with Crippen LogP contribution in [-0.2, 0) is 10.0 Å². The van der Waals surface area contributed by atoms with E-state index < -0.39 is 10.0 Å². The summed E-state index contributed by atoms with van der Waals surface area (Å²) in [6, 6.07) is 10.9. The molecule has 0 bridgehead atoms. The maximum Gasteiger partial charge on any atom is 0.243 e. The van der Waals surface area contributed by atoms with Crippen molar-refractivity contribution >= 4 is 10.0 Å². The van der Waals surface area contributed by atoms with E-state index in [1.807, 2.05) is 45.0 Å². The number of hydrogen-bond acceptors (Lipinski definition) is 3. The van der Waals surface area contributed by atoms with Crippen molar-refractivity contribution in [2.24, 2.45) is 0 Å². The average Bonchev–Trinajstić information content (AvgIpc) is 2.49. The maximum absolute atomic E-state index is 12.4. The molecule has 0 N–H and O–H groups in total. The number of hydrogen-bond donors (Lipinski definition) is 0. The van der Waals surface area contributed by atoms with E-state index in [2.05, 4.69) is 4.98 Å². The van der Waals surface area contributed by atoms with Crippen LogP contribution in [0.3, 0.4) is 0 Å². The van der Waals surface area contributed by atoms with E-state index in [1.54, 1.807) is 18.3 Å². The Hall–Kier alpha value is -1.72. The first-order valence-electron chi connectivity index (χ1n) is 7.03. The van der Waals surface area contributed by atoms with E-state index >= 15 is 0 Å². The summed E-state index contributed by atoms with van der Waals surface area (Å²) in [4.78, 5) is 4.59. The van der Waals surface area contributed by atoms with Crippen LogP contribution in [-0.4, -0.2) is 30.8 Å². The standard InChI is InChI=1S/C16H20N2O2S/c1-4-18(5-2)21(19,20)15-10-8-14(9-11-15)16-7-6-12-17-13(16)3/h6-12H,4-5H2,1-3H3. The second-order valence-corrected chi connectivity index (χ2v) is 6.69. The van der Waals surface area contributed by atoms with Crippen molar-refractivity contribution < 1.29 is 8.42 Å². The molecule has 0 amide bonds. The van der Waals surface area contributed by atoms with Gasteiger partial charge in [-0.15, -0.1) is 0 Å². The molecule has 0 unspecified atom stereocenters. The second-order valence-electron chi connectivity index (χ2n) is 4.75. The van der Waals surface area contributed by atoms with Gasteiger partial charge in [0.1, 0.15) is 0 Å². The van der Waals surface area contributed by atoms with Crippen LogP contribution in [0.15, 0.2) is 47.5 Å². The second kappa shape index (κ2) is 6.37. The van der Waals surface area contributed by atoms with E-state index in [9.17, 15) is 8.42 Å². The van der Waals surface area contributed by atoms with Crippen molar-refractivity contribution in [2.75, 3.05) is 13.1 Å². The number of aromatic nitrogens is 1. The fourth-order valence-corrected chi connectivity index (χ4v) is 3.77. The third kappa shape index (κ3) is 3.14. The highest BCUT2D eigenvalue weighted by molar-refractivity contribution is 7.89. The number of pyridine rings is 1. The summed E-state index contributed by atoms with van der Waals surface area (Å²) in [7, 11) is -3.39. The molecule has 112 valence electrons. The van der Waals surface area contributed by atoms with Crippen molar-refractivity contribution in [1.82, 2.24) is 9.29 Å². The van der Waals surface area contributed by atoms with Gasteiger partial charge in [0.05, 0.1) is 4.90 Å². The van der Waals surface area contributed by atoms with Crippen molar-refractivity contribution in [3.8, 4) is 11.1 Å². The Bertz CT molecular complexity index is 705. The highest BCUT2D eigenvalue weighted by Gasteiger charge is 2.21. The lowest BCUT2D eigenvalue weighted by Gasteiger charge is -2.18. The van der Waals surface area contributed by atoms with Gasteiger partial charge in [-0.25, -0.2) is 8.42 Å². The SMILES string of the molecule is CCN(CC)S(=O)(=O)c1ccc(-c2cccnc2C)cc1. The van der Waals surface area contributed by atoms with E-state index in [4.69, 9.17) is 0 Å². The fourth-order valence-electron chi connectivity index (χ4n) is 2.31. The molecule has 0 atom stereocenters. The fraction of sp³-hybridized carbons (Fsp3) is 0.312. The minimum absolute atomic E-state index is 0.330. The van der Waals surface area contributed by atoms with Gasteiger partial charge in [-0.2, -0.15) is 4.31 Å². The summed E-state index contributed by atoms with van der Waals surface area (Å²) in [6.07, 6.45) is 1.75. The van der Waals surface area contributed by atoms with E-state index in [1.165, 1.54) is 4.31 Å². The van der Waals surface area contributed by atoms with Crippen LogP contribution in [0.1, 0.15) is 19.5 Å². The Morgan fingerprint density at radius 3 is 2.19 bits per heavy atom. The Balaban J connectivity index is 2.38. The van der Waals surface area contributed by atoms with Crippen LogP contribution in [0, 0.1) is 6.92 Å². The molecule has 0 fully saturated rings. The Morgan fingerprint density at radius 2 is 1.67 bits per heavy atom. The van der Waals surface area contributed by atoms with Gasteiger partial charge >= 0.3 is 0 Å². The van der Waals surface area contributed by atoms with Crippen LogP contribution in [0.2, 0.25) is 0 Å². The molecule has 0 radical (unpaired) electrons. The topological polar surface area (TPSA) is 50.3 Å². The molecule has 0 saturated carbocycles. The van der Waals surface area contributed by atoms with Gasteiger partial charge in [0.25, 0.3) is 0 Å². The summed E-state index contributed by atoms with van der Waals surface area (Å²) in [6.45, 7) is 6.57. The Kier molecular flexibility index (Phi) is 4.75. The molecule has 0 aliphatic rings. The van der Waals surface area contributed by atoms with Gasteiger partial charge in [-0.3, -0.25) is 4.98 Å². The first kappa shape index (κ1) is 15.7. The minimum Gasteiger partial charge on any atom is -0.261 e. The average molecular weight is 304 g/mol. The van der Waals surface area contributed by atoms with E-state index in [-0.39, 0.29) is 0 Å². The predicted molar refractivity (Wildman–Crippen MR) is 84.5 cm³/mol. The smallest absolute Gasteiger partial charge is 0.243 e. The zero-order valence-corrected chi connectivity index (χ0v) is 13.4. The summed E-state index contributed by atoms with van der Waals surface area (Å²) in [5, 5.41) is 0. The number of sulfonamides is 1. The Labute approximate surface area is 126 Å². The van der Waals surface area contributed by atoms with Crippen LogP contribution in [0.25, 0.3) is 11.1 Å². The van der Waals surface area contributed by atoms with Crippen molar-refractivity contribution in [3.63, 3.8) is 0 Å². The highest BCUT2D eigenvalue weighted by atomic mass is 32.2. The maximum atomic E-state index is 12.4. The summed E-state index contributed by atoms with van der Waals surface area (Å²) < 4.78 is 26.3. The quantitative estimate of drug-likeness (QED) is 0.853. The molecule has 1 aromatic carbocycles. The van der Waals surface area contributed by atoms with Crippen molar-refractivity contribution in [2.45, 2.75) is 25.7 Å². The first-order valence-corrected chi connectivity index (χ1v) is 8.47. The highest BCUT2D eigenvalue weighted by Crippen LogP contribution is 2.24. The molecule has 5 heteroatoms. The van der Waals surface area contributed by atoms with Crippen LogP contribution >= 0.6 is 0 Å². The van der Waals surface area contributed by atoms with Gasteiger partial charge in [0, 0.05) is 30.5 Å². The molecule has 0 spiro atoms. The summed E-state index contributed by atoms with van der Waals surface area (Å²) in [5.41, 5.74) is 2.92. The molecule has 0 aliphatic heterocycles. The molecule has 2 aromatic rings. The van der Waals surface area contributed by atoms with Crippen molar-refractivity contribution in [1.29, 1.82) is 0 Å². The zero-order valence-electron chi connectivity index (χ0n) is 12.6. The third-order valence-corrected chi connectivity index (χ3v) is 5.58. The lowest BCUT2D eigenvalue weighted by atomic mass is 10.1. The number of nitrogens with zero attached hydrogens (tertiary/aromatic N) is 2. The van der Waals surface area contributed by atoms with Gasteiger partial charge in [-0.05, 0) is 30.7 Å². The predicted octanol–water partition coefficient (Wildman–Crippen LogP) is 3.09. The summed E-state index contributed by atoms with van der Waals surface area (Å²) in [5.74, 6) is 0. The number of benzene rings is 1. The van der Waals surface area contributed by atoms with E-state index in [0.717, 1.165) is 16.8 Å². The lowest BCUT2D eigenvalue weighted by molar-refractivity contribution is 0.445. The molecule has 1 aromatic heterocycles. The van der Waals surface area contributed by atoms with Crippen LogP contribution in [0.4, 0.5) is 0 Å². The van der Waals surface area contributed by atoms with E-state index in [0.29, 0.717) is 18.0 Å². The number of aryl methyl sites for hydroxylation is 1. The molecule has 1 heterocycles. The first-order chi connectivity index (χ1) is 10.0. The monoisotopic (exact) mass is 304 g/mol. The molecule has 4 nitrogen and oxygen atoms in total. The van der Waals surface area contributed by atoms with Crippen LogP contribution in [0.5, 0.6) is 0 Å². The molecule has 2 rings (SSSR count). The molecular weight excluding hydrogens is 284 g/mol. The van der Waals surface area contributed by atoms with Crippen LogP contribution < -0.4 is 0 Å². The minimum atomic E-state index is -3.39. The van der Waals surface area contributed by atoms with Gasteiger partial charge in [-0.1, -0.05) is 32.0 Å². The normalized spacial score (nSPS) is 11.8. The lowest BCUT2D eigenvalue weighted by Crippen LogP contribution is -2.30. The van der Waals surface area contributed by atoms with Crippen molar-refractivity contribution in [3.05, 3.63) is 48.3 Å². The summed E-state index contributed by atoms with van der Waals surface area (Å²) >= 11 is 0. The third-order valence-electron chi connectivity index (χ3n) is 3.52. The molecule has 0 aliphatic carbocycles. The molecule has 21 heavy (non-hydrogen) atoms. The largest absolute Gasteiger partial charge is 0.261 e. The molecular formula is C16H20N2O2S. The zero-order chi connectivity index (χ0) is 15.5. The van der Waals surface area contributed by atoms with Gasteiger partial charge in [0.15, 0.2) is 0 Å².